The molecule has 0 atom stereocenters. The van der Waals surface area contributed by atoms with Crippen molar-refractivity contribution >= 4 is 60.4 Å². The number of anilines is 3. The summed E-state index contributed by atoms with van der Waals surface area (Å²) in [5.74, 6) is 0. The summed E-state index contributed by atoms with van der Waals surface area (Å²) in [7, 11) is 0. The predicted octanol–water partition coefficient (Wildman–Crippen LogP) is 13.9. The van der Waals surface area contributed by atoms with Crippen LogP contribution in [0.25, 0.3) is 71.3 Å². The van der Waals surface area contributed by atoms with Crippen LogP contribution in [0.15, 0.2) is 206 Å². The van der Waals surface area contributed by atoms with Gasteiger partial charge in [0.25, 0.3) is 0 Å². The van der Waals surface area contributed by atoms with Crippen molar-refractivity contribution in [3.63, 3.8) is 0 Å². The molecule has 0 saturated heterocycles. The lowest BCUT2D eigenvalue weighted by atomic mass is 9.97. The van der Waals surface area contributed by atoms with Crippen LogP contribution in [0.3, 0.4) is 0 Å². The van der Waals surface area contributed by atoms with Crippen LogP contribution >= 0.6 is 0 Å². The number of para-hydroxylation sites is 3. The van der Waals surface area contributed by atoms with Gasteiger partial charge in [0.1, 0.15) is 0 Å². The van der Waals surface area contributed by atoms with E-state index >= 15 is 0 Å². The van der Waals surface area contributed by atoms with Crippen molar-refractivity contribution in [3.8, 4) is 27.9 Å². The van der Waals surface area contributed by atoms with E-state index in [0.717, 1.165) is 28.3 Å². The third kappa shape index (κ3) is 4.80. The molecule has 1 heterocycles. The van der Waals surface area contributed by atoms with Gasteiger partial charge in [0.05, 0.1) is 33.8 Å². The van der Waals surface area contributed by atoms with Crippen LogP contribution in [0.1, 0.15) is 0 Å². The molecule has 0 aliphatic carbocycles. The van der Waals surface area contributed by atoms with Crippen molar-refractivity contribution in [1.82, 2.24) is 4.57 Å². The number of rotatable bonds is 6. The zero-order valence-corrected chi connectivity index (χ0v) is 28.5. The van der Waals surface area contributed by atoms with Crippen LogP contribution in [0, 0.1) is 0 Å². The molecule has 0 fully saturated rings. The zero-order chi connectivity index (χ0) is 34.4. The minimum atomic E-state index is 1.13. The predicted molar refractivity (Wildman–Crippen MR) is 221 cm³/mol. The van der Waals surface area contributed by atoms with Gasteiger partial charge in [0, 0.05) is 27.3 Å². The number of hydrogen-bond donors (Lipinski definition) is 0. The standard InChI is InChI=1S/C50H34N2/c1-3-18-35(19-4-1)39-24-11-14-29-44(39)51-46-31-16-13-28-43(46)50-47(51)32-17-33-48(50)52(45-30-15-12-25-40(45)36-20-5-2-6-21-36)49-34-37-22-7-8-23-38(37)41-26-9-10-27-42(41)49/h1-34H. The molecule has 0 N–H and O–H groups in total. The van der Waals surface area contributed by atoms with Crippen LogP contribution in [-0.4, -0.2) is 4.57 Å². The summed E-state index contributed by atoms with van der Waals surface area (Å²) in [4.78, 5) is 2.51. The number of fused-ring (bicyclic) bond motifs is 6. The summed E-state index contributed by atoms with van der Waals surface area (Å²) in [5, 5.41) is 7.34. The van der Waals surface area contributed by atoms with E-state index in [2.05, 4.69) is 216 Å². The lowest BCUT2D eigenvalue weighted by Gasteiger charge is -2.30. The van der Waals surface area contributed by atoms with Crippen molar-refractivity contribution in [2.24, 2.45) is 0 Å². The van der Waals surface area contributed by atoms with E-state index in [4.69, 9.17) is 0 Å². The van der Waals surface area contributed by atoms with E-state index in [1.807, 2.05) is 0 Å². The fraction of sp³-hybridized carbons (Fsp3) is 0. The summed E-state index contributed by atoms with van der Waals surface area (Å²) in [6, 6.07) is 74.7. The molecule has 0 aliphatic heterocycles. The van der Waals surface area contributed by atoms with Crippen molar-refractivity contribution in [1.29, 1.82) is 0 Å². The van der Waals surface area contributed by atoms with Crippen LogP contribution in [0.4, 0.5) is 17.1 Å². The second-order valence-electron chi connectivity index (χ2n) is 13.3. The van der Waals surface area contributed by atoms with Crippen LogP contribution in [0.2, 0.25) is 0 Å². The number of hydrogen-bond acceptors (Lipinski definition) is 1. The van der Waals surface area contributed by atoms with E-state index < -0.39 is 0 Å². The first-order valence-corrected chi connectivity index (χ1v) is 17.9. The smallest absolute Gasteiger partial charge is 0.0562 e. The average molecular weight is 663 g/mol. The van der Waals surface area contributed by atoms with Gasteiger partial charge in [-0.3, -0.25) is 0 Å². The number of nitrogens with zero attached hydrogens (tertiary/aromatic N) is 2. The first-order valence-electron chi connectivity index (χ1n) is 17.9. The van der Waals surface area contributed by atoms with Crippen molar-refractivity contribution in [3.05, 3.63) is 206 Å². The highest BCUT2D eigenvalue weighted by Crippen LogP contribution is 2.49. The minimum Gasteiger partial charge on any atom is -0.309 e. The Bertz CT molecular complexity index is 2900. The average Bonchev–Trinajstić information content (AvgIpc) is 3.57. The molecule has 2 heteroatoms. The molecule has 1 aromatic heterocycles. The minimum absolute atomic E-state index is 1.13. The molecule has 2 nitrogen and oxygen atoms in total. The van der Waals surface area contributed by atoms with Gasteiger partial charge < -0.3 is 9.47 Å². The Morgan fingerprint density at radius 1 is 0.327 bits per heavy atom. The van der Waals surface area contributed by atoms with E-state index in [1.54, 1.807) is 0 Å². The highest BCUT2D eigenvalue weighted by atomic mass is 15.2. The summed E-state index contributed by atoms with van der Waals surface area (Å²) in [6.45, 7) is 0. The molecule has 0 bridgehead atoms. The van der Waals surface area contributed by atoms with Crippen LogP contribution in [-0.2, 0) is 0 Å². The quantitative estimate of drug-likeness (QED) is 0.161. The first-order chi connectivity index (χ1) is 25.8. The molecule has 0 spiro atoms. The molecular formula is C50H34N2. The van der Waals surface area contributed by atoms with Gasteiger partial charge in [-0.2, -0.15) is 0 Å². The van der Waals surface area contributed by atoms with Gasteiger partial charge >= 0.3 is 0 Å². The zero-order valence-electron chi connectivity index (χ0n) is 28.5. The Balaban J connectivity index is 1.34. The fourth-order valence-electron chi connectivity index (χ4n) is 8.12. The molecule has 52 heavy (non-hydrogen) atoms. The molecule has 0 aliphatic rings. The molecule has 0 unspecified atom stereocenters. The Morgan fingerprint density at radius 3 is 1.65 bits per heavy atom. The maximum Gasteiger partial charge on any atom is 0.0562 e. The molecule has 10 aromatic rings. The maximum absolute atomic E-state index is 2.51. The van der Waals surface area contributed by atoms with Crippen LogP contribution in [0.5, 0.6) is 0 Å². The van der Waals surface area contributed by atoms with Gasteiger partial charge in [0.15, 0.2) is 0 Å². The Kier molecular flexibility index (Phi) is 7.18. The van der Waals surface area contributed by atoms with Gasteiger partial charge in [-0.25, -0.2) is 0 Å². The summed E-state index contributed by atoms with van der Waals surface area (Å²) < 4.78 is 2.45. The monoisotopic (exact) mass is 662 g/mol. The SMILES string of the molecule is c1ccc(-c2ccccc2N(c2cc3ccccc3c3ccccc23)c2cccc3c2c2ccccc2n3-c2ccccc2-c2ccccc2)cc1. The summed E-state index contributed by atoms with van der Waals surface area (Å²) >= 11 is 0. The topological polar surface area (TPSA) is 8.17 Å². The third-order valence-corrected chi connectivity index (χ3v) is 10.4. The first kappa shape index (κ1) is 30.0. The lowest BCUT2D eigenvalue weighted by molar-refractivity contribution is 1.18. The fourth-order valence-corrected chi connectivity index (χ4v) is 8.12. The number of benzene rings is 9. The molecule has 9 aromatic carbocycles. The molecule has 0 amide bonds. The molecular weight excluding hydrogens is 629 g/mol. The highest BCUT2D eigenvalue weighted by molar-refractivity contribution is 6.20. The van der Waals surface area contributed by atoms with Gasteiger partial charge in [0.2, 0.25) is 0 Å². The van der Waals surface area contributed by atoms with E-state index in [-0.39, 0.29) is 0 Å². The van der Waals surface area contributed by atoms with Gasteiger partial charge in [-0.15, -0.1) is 0 Å². The van der Waals surface area contributed by atoms with Gasteiger partial charge in [-0.1, -0.05) is 170 Å². The molecule has 0 radical (unpaired) electrons. The van der Waals surface area contributed by atoms with Crippen molar-refractivity contribution in [2.75, 3.05) is 4.90 Å². The molecule has 10 rings (SSSR count). The largest absolute Gasteiger partial charge is 0.309 e. The Morgan fingerprint density at radius 2 is 0.865 bits per heavy atom. The second-order valence-corrected chi connectivity index (χ2v) is 13.3. The second kappa shape index (κ2) is 12.5. The van der Waals surface area contributed by atoms with Crippen molar-refractivity contribution in [2.45, 2.75) is 0 Å². The molecule has 244 valence electrons. The third-order valence-electron chi connectivity index (χ3n) is 10.4. The Hall–Kier alpha value is -6.90. The normalized spacial score (nSPS) is 11.5. The molecule has 0 saturated carbocycles. The maximum atomic E-state index is 2.51. The van der Waals surface area contributed by atoms with Crippen molar-refractivity contribution < 1.29 is 0 Å². The van der Waals surface area contributed by atoms with Gasteiger partial charge in [-0.05, 0) is 63.7 Å². The van der Waals surface area contributed by atoms with E-state index in [9.17, 15) is 0 Å². The lowest BCUT2D eigenvalue weighted by Crippen LogP contribution is -2.12. The van der Waals surface area contributed by atoms with E-state index in [1.165, 1.54) is 60.1 Å². The summed E-state index contributed by atoms with van der Waals surface area (Å²) in [6.07, 6.45) is 0. The Labute approximate surface area is 303 Å². The van der Waals surface area contributed by atoms with Crippen LogP contribution < -0.4 is 4.90 Å². The number of aromatic nitrogens is 1. The highest BCUT2D eigenvalue weighted by Gasteiger charge is 2.25. The van der Waals surface area contributed by atoms with E-state index in [0.29, 0.717) is 0 Å². The summed E-state index contributed by atoms with van der Waals surface area (Å²) in [5.41, 5.74) is 11.6.